The Bertz CT molecular complexity index is 611. The predicted octanol–water partition coefficient (Wildman–Crippen LogP) is 0.751. The molecule has 1 unspecified atom stereocenters. The molecule has 0 spiro atoms. The lowest BCUT2D eigenvalue weighted by Crippen LogP contribution is -2.41. The number of hydrogen-bond donors (Lipinski definition) is 1. The third-order valence-corrected chi connectivity index (χ3v) is 4.31. The lowest BCUT2D eigenvalue weighted by atomic mass is 9.76. The molecule has 22 heavy (non-hydrogen) atoms. The number of hydrogen-bond acceptors (Lipinski definition) is 5. The normalized spacial score (nSPS) is 21.3. The highest BCUT2D eigenvalue weighted by Crippen LogP contribution is 2.38. The van der Waals surface area contributed by atoms with E-state index in [0.29, 0.717) is 13.0 Å². The molecule has 2 rings (SSSR count). The number of likely N-dealkylation sites (tertiary alicyclic amines) is 1. The summed E-state index contributed by atoms with van der Waals surface area (Å²) < 4.78 is 1.19. The first kappa shape index (κ1) is 15.9. The van der Waals surface area contributed by atoms with Gasteiger partial charge in [-0.1, -0.05) is 13.8 Å². The molecular formula is C13H18N4O5. The number of aromatic nitrogens is 2. The highest BCUT2D eigenvalue weighted by atomic mass is 16.6. The van der Waals surface area contributed by atoms with Crippen LogP contribution in [0.4, 0.5) is 5.69 Å². The van der Waals surface area contributed by atoms with E-state index in [9.17, 15) is 24.8 Å². The van der Waals surface area contributed by atoms with Gasteiger partial charge in [0, 0.05) is 13.1 Å². The van der Waals surface area contributed by atoms with Crippen LogP contribution in [0.2, 0.25) is 0 Å². The fourth-order valence-corrected chi connectivity index (χ4v) is 2.71. The molecule has 1 amide bonds. The van der Waals surface area contributed by atoms with Crippen LogP contribution >= 0.6 is 0 Å². The lowest BCUT2D eigenvalue weighted by molar-refractivity contribution is -0.385. The van der Waals surface area contributed by atoms with Gasteiger partial charge in [-0.05, 0) is 12.3 Å². The third-order valence-electron chi connectivity index (χ3n) is 4.31. The quantitative estimate of drug-likeness (QED) is 0.633. The van der Waals surface area contributed by atoms with E-state index in [2.05, 4.69) is 5.10 Å². The van der Waals surface area contributed by atoms with Crippen LogP contribution in [0.15, 0.2) is 12.4 Å². The van der Waals surface area contributed by atoms with Gasteiger partial charge >= 0.3 is 11.7 Å². The standard InChI is InChI=1S/C13H18N4O5/c1-9(2)13(12(19)20)3-4-15(8-13)11(18)7-16-6-10(5-14-16)17(21)22/h5-6,9H,3-4,7-8H2,1-2H3,(H,19,20). The van der Waals surface area contributed by atoms with E-state index in [4.69, 9.17) is 0 Å². The van der Waals surface area contributed by atoms with Crippen LogP contribution in [0.3, 0.4) is 0 Å². The fraction of sp³-hybridized carbons (Fsp3) is 0.615. The van der Waals surface area contributed by atoms with Crippen LogP contribution in [-0.2, 0) is 16.1 Å². The fourth-order valence-electron chi connectivity index (χ4n) is 2.71. The average Bonchev–Trinajstić information content (AvgIpc) is 3.05. The number of rotatable bonds is 5. The second kappa shape index (κ2) is 5.74. The number of amides is 1. The largest absolute Gasteiger partial charge is 0.481 e. The Hall–Kier alpha value is -2.45. The van der Waals surface area contributed by atoms with E-state index in [-0.39, 0.29) is 30.6 Å². The Labute approximate surface area is 126 Å². The van der Waals surface area contributed by atoms with Crippen LogP contribution in [0.1, 0.15) is 20.3 Å². The van der Waals surface area contributed by atoms with Crippen molar-refractivity contribution >= 4 is 17.6 Å². The lowest BCUT2D eigenvalue weighted by Gasteiger charge is -2.28. The topological polar surface area (TPSA) is 119 Å². The Kier molecular flexibility index (Phi) is 4.16. The maximum Gasteiger partial charge on any atom is 0.311 e. The van der Waals surface area contributed by atoms with Gasteiger partial charge in [-0.3, -0.25) is 24.4 Å². The molecule has 1 fully saturated rings. The van der Waals surface area contributed by atoms with Gasteiger partial charge in [0.05, 0.1) is 10.3 Å². The minimum atomic E-state index is -0.925. The van der Waals surface area contributed by atoms with E-state index in [0.717, 1.165) is 6.20 Å². The van der Waals surface area contributed by atoms with E-state index in [1.165, 1.54) is 15.8 Å². The molecule has 0 aromatic carbocycles. The number of carbonyl (C=O) groups is 2. The Balaban J connectivity index is 2.05. The maximum absolute atomic E-state index is 12.2. The van der Waals surface area contributed by atoms with E-state index < -0.39 is 16.3 Å². The molecule has 1 atom stereocenters. The molecule has 1 aromatic rings. The molecule has 0 saturated carbocycles. The van der Waals surface area contributed by atoms with Gasteiger partial charge in [-0.25, -0.2) is 0 Å². The summed E-state index contributed by atoms with van der Waals surface area (Å²) in [7, 11) is 0. The number of carbonyl (C=O) groups excluding carboxylic acids is 1. The van der Waals surface area contributed by atoms with Gasteiger partial charge in [0.15, 0.2) is 0 Å². The van der Waals surface area contributed by atoms with Gasteiger partial charge in [-0.2, -0.15) is 5.10 Å². The van der Waals surface area contributed by atoms with Crippen LogP contribution in [0, 0.1) is 21.4 Å². The number of nitrogens with zero attached hydrogens (tertiary/aromatic N) is 4. The molecule has 9 heteroatoms. The second-order valence-electron chi connectivity index (χ2n) is 5.83. The maximum atomic E-state index is 12.2. The van der Waals surface area contributed by atoms with E-state index >= 15 is 0 Å². The van der Waals surface area contributed by atoms with Crippen LogP contribution in [0.5, 0.6) is 0 Å². The molecule has 120 valence electrons. The van der Waals surface area contributed by atoms with Crippen LogP contribution in [0.25, 0.3) is 0 Å². The molecule has 9 nitrogen and oxygen atoms in total. The third kappa shape index (κ3) is 2.78. The van der Waals surface area contributed by atoms with Crippen molar-refractivity contribution in [2.45, 2.75) is 26.8 Å². The second-order valence-corrected chi connectivity index (χ2v) is 5.83. The summed E-state index contributed by atoms with van der Waals surface area (Å²) in [5.41, 5.74) is -1.11. The average molecular weight is 310 g/mol. The van der Waals surface area contributed by atoms with Crippen molar-refractivity contribution in [3.05, 3.63) is 22.5 Å². The van der Waals surface area contributed by atoms with Crippen molar-refractivity contribution in [1.29, 1.82) is 0 Å². The molecule has 1 saturated heterocycles. The van der Waals surface area contributed by atoms with Crippen molar-refractivity contribution in [1.82, 2.24) is 14.7 Å². The first-order valence-corrected chi connectivity index (χ1v) is 6.94. The van der Waals surface area contributed by atoms with Crippen molar-refractivity contribution in [3.8, 4) is 0 Å². The molecule has 1 aliphatic rings. The Morgan fingerprint density at radius 3 is 2.68 bits per heavy atom. The molecule has 1 aliphatic heterocycles. The molecule has 2 heterocycles. The monoisotopic (exact) mass is 310 g/mol. The van der Waals surface area contributed by atoms with Crippen molar-refractivity contribution in [2.24, 2.45) is 11.3 Å². The minimum Gasteiger partial charge on any atom is -0.481 e. The zero-order chi connectivity index (χ0) is 16.5. The molecule has 0 aliphatic carbocycles. The van der Waals surface area contributed by atoms with Crippen molar-refractivity contribution in [2.75, 3.05) is 13.1 Å². The number of carboxylic acid groups (broad SMARTS) is 1. The zero-order valence-electron chi connectivity index (χ0n) is 12.4. The van der Waals surface area contributed by atoms with E-state index in [1.807, 2.05) is 13.8 Å². The summed E-state index contributed by atoms with van der Waals surface area (Å²) in [6.07, 6.45) is 2.67. The first-order chi connectivity index (χ1) is 10.3. The summed E-state index contributed by atoms with van der Waals surface area (Å²) in [5.74, 6) is -1.28. The van der Waals surface area contributed by atoms with Crippen LogP contribution in [-0.4, -0.2) is 49.7 Å². The van der Waals surface area contributed by atoms with Gasteiger partial charge in [0.25, 0.3) is 0 Å². The molecule has 0 radical (unpaired) electrons. The summed E-state index contributed by atoms with van der Waals surface area (Å²) in [5, 5.41) is 23.8. The van der Waals surface area contributed by atoms with Gasteiger partial charge in [-0.15, -0.1) is 0 Å². The summed E-state index contributed by atoms with van der Waals surface area (Å²) in [6.45, 7) is 4.05. The van der Waals surface area contributed by atoms with Crippen molar-refractivity contribution < 1.29 is 19.6 Å². The highest BCUT2D eigenvalue weighted by molar-refractivity contribution is 5.80. The Morgan fingerprint density at radius 1 is 1.55 bits per heavy atom. The Morgan fingerprint density at radius 2 is 2.23 bits per heavy atom. The smallest absolute Gasteiger partial charge is 0.311 e. The molecular weight excluding hydrogens is 292 g/mol. The van der Waals surface area contributed by atoms with Gasteiger partial charge in [0.2, 0.25) is 5.91 Å². The number of aliphatic carboxylic acids is 1. The summed E-state index contributed by atoms with van der Waals surface area (Å²) >= 11 is 0. The van der Waals surface area contributed by atoms with E-state index in [1.54, 1.807) is 0 Å². The predicted molar refractivity (Wildman–Crippen MR) is 75.0 cm³/mol. The molecule has 0 bridgehead atoms. The summed E-state index contributed by atoms with van der Waals surface area (Å²) in [6, 6.07) is 0. The number of nitro groups is 1. The molecule has 1 aromatic heterocycles. The van der Waals surface area contributed by atoms with Gasteiger partial charge < -0.3 is 10.0 Å². The summed E-state index contributed by atoms with van der Waals surface area (Å²) in [4.78, 5) is 35.3. The highest BCUT2D eigenvalue weighted by Gasteiger charge is 2.48. The van der Waals surface area contributed by atoms with Crippen molar-refractivity contribution in [3.63, 3.8) is 0 Å². The molecule has 1 N–H and O–H groups in total. The SMILES string of the molecule is CC(C)C1(C(=O)O)CCN(C(=O)Cn2cc([N+](=O)[O-])cn2)C1. The van der Waals surface area contributed by atoms with Gasteiger partial charge in [0.1, 0.15) is 18.9 Å². The first-order valence-electron chi connectivity index (χ1n) is 6.94. The minimum absolute atomic E-state index is 0.0893. The van der Waals surface area contributed by atoms with Crippen LogP contribution < -0.4 is 0 Å². The zero-order valence-corrected chi connectivity index (χ0v) is 12.4. The number of carboxylic acids is 1.